The van der Waals surface area contributed by atoms with Crippen LogP contribution in [-0.4, -0.2) is 29.1 Å². The number of benzene rings is 3. The van der Waals surface area contributed by atoms with Gasteiger partial charge in [-0.15, -0.1) is 11.3 Å². The molecule has 2 aromatic heterocycles. The van der Waals surface area contributed by atoms with Gasteiger partial charge in [0, 0.05) is 22.2 Å². The minimum absolute atomic E-state index is 0.0550. The average molecular weight is 507 g/mol. The van der Waals surface area contributed by atoms with Gasteiger partial charge in [-0.3, -0.25) is 14.9 Å². The number of fused-ring (bicyclic) bond motifs is 2. The molecule has 11 heteroatoms. The molecule has 0 aliphatic carbocycles. The van der Waals surface area contributed by atoms with Crippen LogP contribution in [0.25, 0.3) is 20.3 Å². The van der Waals surface area contributed by atoms with Gasteiger partial charge in [0.25, 0.3) is 11.6 Å². The molecule has 174 valence electrons. The SMILES string of the molecule is COc1ccc2nc(N(/N=C/c3ccc(F)cc3)C(=O)c3cc4cc([N+](=O)[O-])ccc4s3)sc2c1. The molecule has 0 radical (unpaired) electrons. The Labute approximate surface area is 205 Å². The third kappa shape index (κ3) is 4.59. The molecule has 0 bridgehead atoms. The van der Waals surface area contributed by atoms with Gasteiger partial charge < -0.3 is 4.74 Å². The van der Waals surface area contributed by atoms with Crippen LogP contribution < -0.4 is 9.75 Å². The number of nitro groups is 1. The Morgan fingerprint density at radius 3 is 2.63 bits per heavy atom. The highest BCUT2D eigenvalue weighted by Gasteiger charge is 2.23. The van der Waals surface area contributed by atoms with E-state index < -0.39 is 10.8 Å². The summed E-state index contributed by atoms with van der Waals surface area (Å²) in [6.07, 6.45) is 1.45. The molecule has 0 N–H and O–H groups in total. The maximum atomic E-state index is 13.6. The van der Waals surface area contributed by atoms with Gasteiger partial charge in [-0.05, 0) is 48.0 Å². The summed E-state index contributed by atoms with van der Waals surface area (Å²) in [4.78, 5) is 29.1. The van der Waals surface area contributed by atoms with Crippen molar-refractivity contribution in [1.29, 1.82) is 0 Å². The van der Waals surface area contributed by atoms with E-state index in [4.69, 9.17) is 4.74 Å². The number of rotatable bonds is 6. The zero-order valence-corrected chi connectivity index (χ0v) is 19.7. The Balaban J connectivity index is 1.57. The lowest BCUT2D eigenvalue weighted by Gasteiger charge is -2.12. The zero-order chi connectivity index (χ0) is 24.5. The van der Waals surface area contributed by atoms with Crippen LogP contribution in [0.3, 0.4) is 0 Å². The largest absolute Gasteiger partial charge is 0.497 e. The first-order chi connectivity index (χ1) is 16.9. The second kappa shape index (κ2) is 9.20. The third-order valence-electron chi connectivity index (χ3n) is 5.07. The van der Waals surface area contributed by atoms with Gasteiger partial charge in [-0.25, -0.2) is 9.37 Å². The second-order valence-corrected chi connectivity index (χ2v) is 9.43. The number of thiazole rings is 1. The summed E-state index contributed by atoms with van der Waals surface area (Å²) < 4.78 is 20.1. The molecule has 35 heavy (non-hydrogen) atoms. The fourth-order valence-electron chi connectivity index (χ4n) is 3.33. The number of methoxy groups -OCH3 is 1. The van der Waals surface area contributed by atoms with Crippen molar-refractivity contribution in [2.24, 2.45) is 5.10 Å². The molecular formula is C24H15FN4O4S2. The molecule has 5 rings (SSSR count). The Hall–Kier alpha value is -4.22. The van der Waals surface area contributed by atoms with Crippen LogP contribution in [-0.2, 0) is 0 Å². The number of ether oxygens (including phenoxy) is 1. The smallest absolute Gasteiger partial charge is 0.290 e. The molecule has 8 nitrogen and oxygen atoms in total. The number of anilines is 1. The first-order valence-corrected chi connectivity index (χ1v) is 11.8. The molecule has 0 saturated carbocycles. The van der Waals surface area contributed by atoms with E-state index in [9.17, 15) is 19.3 Å². The highest BCUT2D eigenvalue weighted by molar-refractivity contribution is 7.23. The molecule has 0 atom stereocenters. The van der Waals surface area contributed by atoms with Gasteiger partial charge in [0.05, 0.1) is 33.3 Å². The summed E-state index contributed by atoms with van der Waals surface area (Å²) in [5.41, 5.74) is 1.21. The number of halogens is 1. The second-order valence-electron chi connectivity index (χ2n) is 7.33. The van der Waals surface area contributed by atoms with Gasteiger partial charge in [-0.1, -0.05) is 23.5 Å². The van der Waals surface area contributed by atoms with Crippen LogP contribution >= 0.6 is 22.7 Å². The van der Waals surface area contributed by atoms with Crippen molar-refractivity contribution in [2.75, 3.05) is 12.1 Å². The number of nitro benzene ring substituents is 1. The highest BCUT2D eigenvalue weighted by atomic mass is 32.1. The Morgan fingerprint density at radius 2 is 1.89 bits per heavy atom. The topological polar surface area (TPSA) is 97.9 Å². The number of carbonyl (C=O) groups excluding carboxylic acids is 1. The molecule has 3 aromatic carbocycles. The Bertz CT molecular complexity index is 1610. The van der Waals surface area contributed by atoms with Gasteiger partial charge >= 0.3 is 0 Å². The van der Waals surface area contributed by atoms with E-state index in [1.54, 1.807) is 43.5 Å². The van der Waals surface area contributed by atoms with Crippen molar-refractivity contribution in [2.45, 2.75) is 0 Å². The lowest BCUT2D eigenvalue weighted by Crippen LogP contribution is -2.24. The molecule has 0 unspecified atom stereocenters. The molecule has 0 aliphatic rings. The quantitative estimate of drug-likeness (QED) is 0.154. The molecule has 1 amide bonds. The summed E-state index contributed by atoms with van der Waals surface area (Å²) in [7, 11) is 1.57. The number of hydrazone groups is 1. The van der Waals surface area contributed by atoms with Gasteiger partial charge in [0.15, 0.2) is 0 Å². The lowest BCUT2D eigenvalue weighted by molar-refractivity contribution is -0.384. The third-order valence-corrected chi connectivity index (χ3v) is 7.17. The summed E-state index contributed by atoms with van der Waals surface area (Å²) in [6.45, 7) is 0. The number of hydrogen-bond donors (Lipinski definition) is 0. The zero-order valence-electron chi connectivity index (χ0n) is 18.0. The summed E-state index contributed by atoms with van der Waals surface area (Å²) in [5.74, 6) is -0.167. The van der Waals surface area contributed by atoms with Crippen molar-refractivity contribution < 1.29 is 18.8 Å². The number of non-ortho nitro benzene ring substituents is 1. The normalized spacial score (nSPS) is 11.4. The standard InChI is InChI=1S/C24H15FN4O4S2/c1-33-18-7-8-19-21(12-18)35-24(27-19)28(26-13-14-2-4-16(25)5-3-14)23(30)22-11-15-10-17(29(31)32)6-9-20(15)34-22/h2-13H,1H3/b26-13+. The monoisotopic (exact) mass is 506 g/mol. The van der Waals surface area contributed by atoms with Crippen molar-refractivity contribution in [3.05, 3.63) is 93.1 Å². The summed E-state index contributed by atoms with van der Waals surface area (Å²) in [6, 6.07) is 17.1. The summed E-state index contributed by atoms with van der Waals surface area (Å²) >= 11 is 2.47. The minimum Gasteiger partial charge on any atom is -0.497 e. The van der Waals surface area contributed by atoms with Crippen molar-refractivity contribution in [1.82, 2.24) is 4.98 Å². The number of aromatic nitrogens is 1. The van der Waals surface area contributed by atoms with Crippen molar-refractivity contribution in [3.8, 4) is 5.75 Å². The first-order valence-electron chi connectivity index (χ1n) is 10.2. The van der Waals surface area contributed by atoms with E-state index in [-0.39, 0.29) is 11.5 Å². The van der Waals surface area contributed by atoms with E-state index in [0.29, 0.717) is 32.2 Å². The van der Waals surface area contributed by atoms with Crippen LogP contribution in [0.15, 0.2) is 71.8 Å². The lowest BCUT2D eigenvalue weighted by atomic mass is 10.2. The predicted octanol–water partition coefficient (Wildman–Crippen LogP) is 6.25. The maximum absolute atomic E-state index is 13.6. The maximum Gasteiger partial charge on any atom is 0.290 e. The fourth-order valence-corrected chi connectivity index (χ4v) is 5.25. The summed E-state index contributed by atoms with van der Waals surface area (Å²) in [5, 5.41) is 17.6. The van der Waals surface area contributed by atoms with Crippen molar-refractivity contribution in [3.63, 3.8) is 0 Å². The van der Waals surface area contributed by atoms with E-state index >= 15 is 0 Å². The molecular weight excluding hydrogens is 491 g/mol. The molecule has 0 aliphatic heterocycles. The number of amides is 1. The predicted molar refractivity (Wildman–Crippen MR) is 135 cm³/mol. The molecule has 0 fully saturated rings. The Kier molecular flexibility index (Phi) is 5.93. The van der Waals surface area contributed by atoms with Gasteiger partial charge in [-0.2, -0.15) is 10.1 Å². The number of hydrogen-bond acceptors (Lipinski definition) is 8. The van der Waals surface area contributed by atoms with Crippen LogP contribution in [0.2, 0.25) is 0 Å². The number of carbonyl (C=O) groups is 1. The fraction of sp³-hybridized carbons (Fsp3) is 0.0417. The van der Waals surface area contributed by atoms with Gasteiger partial charge in [0.2, 0.25) is 5.13 Å². The van der Waals surface area contributed by atoms with Crippen LogP contribution in [0.5, 0.6) is 5.75 Å². The molecule has 0 saturated heterocycles. The van der Waals surface area contributed by atoms with Crippen molar-refractivity contribution >= 4 is 65.9 Å². The molecule has 5 aromatic rings. The van der Waals surface area contributed by atoms with E-state index in [0.717, 1.165) is 9.40 Å². The van der Waals surface area contributed by atoms with Crippen LogP contribution in [0.1, 0.15) is 15.2 Å². The molecule has 0 spiro atoms. The highest BCUT2D eigenvalue weighted by Crippen LogP contribution is 2.35. The van der Waals surface area contributed by atoms with E-state index in [1.807, 2.05) is 6.07 Å². The van der Waals surface area contributed by atoms with Gasteiger partial charge in [0.1, 0.15) is 11.6 Å². The number of thiophene rings is 1. The first kappa shape index (κ1) is 22.6. The molecule has 2 heterocycles. The number of nitrogens with zero attached hydrogens (tertiary/aromatic N) is 4. The van der Waals surface area contributed by atoms with Crippen LogP contribution in [0, 0.1) is 15.9 Å². The average Bonchev–Trinajstić information content (AvgIpc) is 3.48. The van der Waals surface area contributed by atoms with E-state index in [1.165, 1.54) is 58.2 Å². The van der Waals surface area contributed by atoms with E-state index in [2.05, 4.69) is 10.1 Å². The Morgan fingerprint density at radius 1 is 1.09 bits per heavy atom. The minimum atomic E-state index is -0.479. The van der Waals surface area contributed by atoms with Crippen LogP contribution in [0.4, 0.5) is 15.2 Å².